The summed E-state index contributed by atoms with van der Waals surface area (Å²) in [5.41, 5.74) is 0.214. The second kappa shape index (κ2) is 14.2. The highest BCUT2D eigenvalue weighted by atomic mass is 32.2. The Morgan fingerprint density at radius 3 is 1.47 bits per heavy atom. The van der Waals surface area contributed by atoms with E-state index in [-0.39, 0.29) is 5.56 Å². The van der Waals surface area contributed by atoms with E-state index in [4.69, 9.17) is 0 Å². The molecule has 0 bridgehead atoms. The van der Waals surface area contributed by atoms with Crippen molar-refractivity contribution in [2.24, 2.45) is 0 Å². The number of hydrogen-bond acceptors (Lipinski definition) is 4. The van der Waals surface area contributed by atoms with Gasteiger partial charge in [0, 0.05) is 0 Å². The van der Waals surface area contributed by atoms with Crippen molar-refractivity contribution in [3.05, 3.63) is 23.8 Å². The maximum atomic E-state index is 11.6. The summed E-state index contributed by atoms with van der Waals surface area (Å²) in [5, 5.41) is 0. The number of benzene rings is 1. The predicted molar refractivity (Wildman–Crippen MR) is 120 cm³/mol. The standard InChI is InChI=1S/C22H38O6S2/c1-2-3-4-5-6-7-8-9-10-11-12-13-14-15-17-20-18-16-19-21(29(23,24)25)22(20)30(26,27)28/h16,18-19H,2-15,17H2,1H3,(H,23,24,25)(H,26,27,28). The molecule has 6 nitrogen and oxygen atoms in total. The van der Waals surface area contributed by atoms with Gasteiger partial charge in [0.15, 0.2) is 0 Å². The minimum Gasteiger partial charge on any atom is -0.282 e. The van der Waals surface area contributed by atoms with Crippen LogP contribution in [0.4, 0.5) is 0 Å². The largest absolute Gasteiger partial charge is 0.296 e. The molecular formula is C22H38O6S2. The van der Waals surface area contributed by atoms with Gasteiger partial charge in [-0.1, -0.05) is 103 Å². The fraction of sp³-hybridized carbons (Fsp3) is 0.727. The number of rotatable bonds is 17. The lowest BCUT2D eigenvalue weighted by Crippen LogP contribution is -2.11. The fourth-order valence-electron chi connectivity index (χ4n) is 3.76. The molecule has 0 fully saturated rings. The summed E-state index contributed by atoms with van der Waals surface area (Å²) in [5.74, 6) is 0. The van der Waals surface area contributed by atoms with Crippen LogP contribution < -0.4 is 0 Å². The van der Waals surface area contributed by atoms with E-state index >= 15 is 0 Å². The van der Waals surface area contributed by atoms with E-state index in [0.29, 0.717) is 12.8 Å². The summed E-state index contributed by atoms with van der Waals surface area (Å²) < 4.78 is 64.8. The van der Waals surface area contributed by atoms with E-state index in [1.54, 1.807) is 0 Å². The lowest BCUT2D eigenvalue weighted by molar-refractivity contribution is 0.464. The van der Waals surface area contributed by atoms with Gasteiger partial charge in [-0.15, -0.1) is 0 Å². The normalized spacial score (nSPS) is 12.4. The molecule has 0 saturated heterocycles. The molecule has 0 aliphatic rings. The fourth-order valence-corrected chi connectivity index (χ4v) is 5.84. The topological polar surface area (TPSA) is 109 Å². The molecule has 0 radical (unpaired) electrons. The van der Waals surface area contributed by atoms with Crippen LogP contribution >= 0.6 is 0 Å². The minimum atomic E-state index is -4.76. The van der Waals surface area contributed by atoms with Crippen LogP contribution in [0.1, 0.15) is 102 Å². The SMILES string of the molecule is CCCCCCCCCCCCCCCCc1cccc(S(=O)(=O)O)c1S(=O)(=O)O. The zero-order valence-corrected chi connectivity index (χ0v) is 19.8. The highest BCUT2D eigenvalue weighted by Gasteiger charge is 2.26. The van der Waals surface area contributed by atoms with E-state index in [1.165, 1.54) is 76.3 Å². The van der Waals surface area contributed by atoms with Crippen molar-refractivity contribution < 1.29 is 25.9 Å². The molecule has 0 aliphatic carbocycles. The molecule has 1 aromatic carbocycles. The Morgan fingerprint density at radius 1 is 0.633 bits per heavy atom. The Labute approximate surface area is 183 Å². The highest BCUT2D eigenvalue weighted by molar-refractivity contribution is 7.89. The molecule has 2 N–H and O–H groups in total. The van der Waals surface area contributed by atoms with Gasteiger partial charge in [-0.05, 0) is 24.5 Å². The van der Waals surface area contributed by atoms with Crippen LogP contribution in [0.2, 0.25) is 0 Å². The molecule has 0 saturated carbocycles. The van der Waals surface area contributed by atoms with Crippen LogP contribution in [0.25, 0.3) is 0 Å². The molecule has 0 amide bonds. The Kier molecular flexibility index (Phi) is 12.8. The average molecular weight is 463 g/mol. The number of aryl methyl sites for hydroxylation is 1. The van der Waals surface area contributed by atoms with Crippen LogP contribution in [0.5, 0.6) is 0 Å². The zero-order valence-electron chi connectivity index (χ0n) is 18.2. The Balaban J connectivity index is 2.27. The van der Waals surface area contributed by atoms with Crippen molar-refractivity contribution in [1.82, 2.24) is 0 Å². The third-order valence-electron chi connectivity index (χ3n) is 5.40. The smallest absolute Gasteiger partial charge is 0.282 e. The van der Waals surface area contributed by atoms with Gasteiger partial charge in [0.2, 0.25) is 0 Å². The van der Waals surface area contributed by atoms with E-state index in [0.717, 1.165) is 25.3 Å². The quantitative estimate of drug-likeness (QED) is 0.211. The first kappa shape index (κ1) is 27.1. The maximum absolute atomic E-state index is 11.6. The van der Waals surface area contributed by atoms with Gasteiger partial charge in [0.05, 0.1) is 0 Å². The maximum Gasteiger partial charge on any atom is 0.296 e. The van der Waals surface area contributed by atoms with Gasteiger partial charge in [-0.3, -0.25) is 9.11 Å². The molecule has 30 heavy (non-hydrogen) atoms. The zero-order chi connectivity index (χ0) is 22.5. The Hall–Kier alpha value is -0.960. The van der Waals surface area contributed by atoms with Gasteiger partial charge in [-0.2, -0.15) is 16.8 Å². The van der Waals surface area contributed by atoms with E-state index < -0.39 is 30.0 Å². The second-order valence-electron chi connectivity index (χ2n) is 8.04. The van der Waals surface area contributed by atoms with Crippen molar-refractivity contribution in [2.75, 3.05) is 0 Å². The molecule has 8 heteroatoms. The molecule has 0 aliphatic heterocycles. The average Bonchev–Trinajstić information content (AvgIpc) is 2.66. The van der Waals surface area contributed by atoms with Crippen molar-refractivity contribution in [3.63, 3.8) is 0 Å². The molecule has 1 aromatic rings. The van der Waals surface area contributed by atoms with Gasteiger partial charge < -0.3 is 0 Å². The Bertz CT molecular complexity index is 816. The van der Waals surface area contributed by atoms with Crippen LogP contribution in [-0.4, -0.2) is 25.9 Å². The molecule has 0 heterocycles. The van der Waals surface area contributed by atoms with Crippen LogP contribution in [0.3, 0.4) is 0 Å². The first-order valence-electron chi connectivity index (χ1n) is 11.2. The molecule has 0 spiro atoms. The molecular weight excluding hydrogens is 424 g/mol. The summed E-state index contributed by atoms with van der Waals surface area (Å²) in [6.45, 7) is 2.23. The van der Waals surface area contributed by atoms with E-state index in [1.807, 2.05) is 0 Å². The third kappa shape index (κ3) is 10.9. The van der Waals surface area contributed by atoms with Gasteiger partial charge in [-0.25, -0.2) is 0 Å². The molecule has 0 atom stereocenters. The minimum absolute atomic E-state index is 0.214. The summed E-state index contributed by atoms with van der Waals surface area (Å²) >= 11 is 0. The first-order chi connectivity index (χ1) is 14.2. The van der Waals surface area contributed by atoms with Crippen LogP contribution in [0.15, 0.2) is 28.0 Å². The molecule has 174 valence electrons. The predicted octanol–water partition coefficient (Wildman–Crippen LogP) is 6.20. The molecule has 0 unspecified atom stereocenters. The van der Waals surface area contributed by atoms with Gasteiger partial charge in [0.1, 0.15) is 9.79 Å². The number of unbranched alkanes of at least 4 members (excludes halogenated alkanes) is 13. The van der Waals surface area contributed by atoms with Gasteiger partial charge in [0.25, 0.3) is 20.2 Å². The molecule has 0 aromatic heterocycles. The summed E-state index contributed by atoms with van der Waals surface area (Å²) in [4.78, 5) is -1.48. The van der Waals surface area contributed by atoms with E-state index in [2.05, 4.69) is 6.92 Å². The summed E-state index contributed by atoms with van der Waals surface area (Å²) in [6, 6.07) is 3.82. The summed E-state index contributed by atoms with van der Waals surface area (Å²) in [7, 11) is -9.49. The number of hydrogen-bond donors (Lipinski definition) is 2. The second-order valence-corrected chi connectivity index (χ2v) is 10.8. The van der Waals surface area contributed by atoms with Crippen molar-refractivity contribution in [3.8, 4) is 0 Å². The van der Waals surface area contributed by atoms with Crippen molar-refractivity contribution in [2.45, 2.75) is 113 Å². The third-order valence-corrected chi connectivity index (χ3v) is 7.42. The lowest BCUT2D eigenvalue weighted by atomic mass is 10.0. The molecule has 1 rings (SSSR count). The lowest BCUT2D eigenvalue weighted by Gasteiger charge is -2.10. The summed E-state index contributed by atoms with van der Waals surface area (Å²) in [6.07, 6.45) is 17.2. The van der Waals surface area contributed by atoms with Gasteiger partial charge >= 0.3 is 0 Å². The van der Waals surface area contributed by atoms with Crippen LogP contribution in [0, 0.1) is 0 Å². The monoisotopic (exact) mass is 462 g/mol. The highest BCUT2D eigenvalue weighted by Crippen LogP contribution is 2.26. The Morgan fingerprint density at radius 2 is 1.07 bits per heavy atom. The van der Waals surface area contributed by atoms with Crippen molar-refractivity contribution >= 4 is 20.2 Å². The van der Waals surface area contributed by atoms with Crippen LogP contribution in [-0.2, 0) is 26.7 Å². The van der Waals surface area contributed by atoms with Crippen molar-refractivity contribution in [1.29, 1.82) is 0 Å². The first-order valence-corrected chi connectivity index (χ1v) is 14.1. The van der Waals surface area contributed by atoms with E-state index in [9.17, 15) is 25.9 Å².